The Morgan fingerprint density at radius 1 is 1.05 bits per heavy atom. The van der Waals surface area contributed by atoms with E-state index in [1.165, 1.54) is 38.5 Å². The predicted molar refractivity (Wildman–Crippen MR) is 164 cm³/mol. The molecule has 3 heterocycles. The van der Waals surface area contributed by atoms with Gasteiger partial charge in [0.25, 0.3) is 0 Å². The van der Waals surface area contributed by atoms with Crippen LogP contribution in [-0.2, 0) is 14.3 Å². The Morgan fingerprint density at radius 2 is 1.83 bits per heavy atom. The average Bonchev–Trinajstić information content (AvgIpc) is 3.40. The molecule has 0 radical (unpaired) electrons. The zero-order valence-electron chi connectivity index (χ0n) is 26.9. The lowest BCUT2D eigenvalue weighted by molar-refractivity contribution is -0.137. The number of nitrogens with zero attached hydrogens (tertiary/aromatic N) is 2. The second-order valence-electron chi connectivity index (χ2n) is 16.3. The van der Waals surface area contributed by atoms with Gasteiger partial charge in [-0.15, -0.1) is 0 Å². The molecule has 0 aromatic carbocycles. The highest BCUT2D eigenvalue weighted by Crippen LogP contribution is 2.70. The monoisotopic (exact) mass is 580 g/mol. The quantitative estimate of drug-likeness (QED) is 0.378. The Labute approximate surface area is 253 Å². The number of allylic oxidation sites excluding steroid dienone is 1. The summed E-state index contributed by atoms with van der Waals surface area (Å²) in [7, 11) is 2.08. The van der Waals surface area contributed by atoms with Crippen LogP contribution in [0.3, 0.4) is 0 Å². The van der Waals surface area contributed by atoms with Gasteiger partial charge in [-0.25, -0.2) is 0 Å². The lowest BCUT2D eigenvalue weighted by Crippen LogP contribution is -2.57. The van der Waals surface area contributed by atoms with Gasteiger partial charge in [0.05, 0.1) is 6.10 Å². The fraction of sp³-hybridized carbons (Fsp3) is 0.886. The highest BCUT2D eigenvalue weighted by atomic mass is 16.5. The van der Waals surface area contributed by atoms with Crippen LogP contribution in [0.15, 0.2) is 11.6 Å². The fourth-order valence-corrected chi connectivity index (χ4v) is 11.6. The first kappa shape index (κ1) is 29.3. The second kappa shape index (κ2) is 10.6. The first-order chi connectivity index (χ1) is 20.0. The number of amides is 2. The minimum atomic E-state index is -0.0958. The van der Waals surface area contributed by atoms with Gasteiger partial charge in [-0.2, -0.15) is 0 Å². The van der Waals surface area contributed by atoms with Crippen molar-refractivity contribution >= 4 is 11.8 Å². The third-order valence-corrected chi connectivity index (χ3v) is 14.1. The van der Waals surface area contributed by atoms with Gasteiger partial charge in [-0.05, 0) is 105 Å². The third kappa shape index (κ3) is 4.62. The summed E-state index contributed by atoms with van der Waals surface area (Å²) < 4.78 is 7.07. The van der Waals surface area contributed by atoms with Crippen LogP contribution in [0.5, 0.6) is 0 Å². The van der Waals surface area contributed by atoms with E-state index >= 15 is 0 Å². The van der Waals surface area contributed by atoms with Crippen LogP contribution in [0, 0.1) is 46.3 Å². The van der Waals surface area contributed by atoms with Gasteiger partial charge in [0.1, 0.15) is 12.1 Å². The summed E-state index contributed by atoms with van der Waals surface area (Å²) in [6, 6.07) is 0.157. The summed E-state index contributed by atoms with van der Waals surface area (Å²) in [5, 5.41) is 7.16. The van der Waals surface area contributed by atoms with Crippen molar-refractivity contribution in [1.29, 1.82) is 0 Å². The zero-order valence-corrected chi connectivity index (χ0v) is 26.9. The molecule has 2 N–H and O–H groups in total. The Kier molecular flexibility index (Phi) is 7.38. The number of nitrogens with one attached hydrogen (secondary N) is 2. The van der Waals surface area contributed by atoms with Gasteiger partial charge >= 0.3 is 0 Å². The molecule has 6 fully saturated rings. The summed E-state index contributed by atoms with van der Waals surface area (Å²) in [5.41, 5.74) is 2.11. The maximum Gasteiger partial charge on any atom is 0.232 e. The Hall–Kier alpha value is -1.44. The molecular formula is C35H56N4O3. The molecule has 7 nitrogen and oxygen atoms in total. The van der Waals surface area contributed by atoms with Crippen LogP contribution in [0.1, 0.15) is 91.9 Å². The first-order valence-electron chi connectivity index (χ1n) is 17.4. The summed E-state index contributed by atoms with van der Waals surface area (Å²) in [4.78, 5) is 29.7. The molecule has 7 heteroatoms. The van der Waals surface area contributed by atoms with Crippen LogP contribution in [0.25, 0.3) is 0 Å². The topological polar surface area (TPSA) is 73.9 Å². The summed E-state index contributed by atoms with van der Waals surface area (Å²) in [6.07, 6.45) is 13.6. The second-order valence-corrected chi connectivity index (χ2v) is 16.3. The largest absolute Gasteiger partial charge is 0.357 e. The van der Waals surface area contributed by atoms with Crippen LogP contribution in [-0.4, -0.2) is 79.3 Å². The molecule has 3 saturated carbocycles. The fourth-order valence-electron chi connectivity index (χ4n) is 11.6. The van der Waals surface area contributed by atoms with Crippen molar-refractivity contribution in [2.75, 3.05) is 39.8 Å². The smallest absolute Gasteiger partial charge is 0.232 e. The number of likely N-dealkylation sites (N-methyl/N-ethyl adjacent to an activating group) is 1. The summed E-state index contributed by atoms with van der Waals surface area (Å²) in [6.45, 7) is 14.4. The Balaban J connectivity index is 0.995. The molecule has 42 heavy (non-hydrogen) atoms. The van der Waals surface area contributed by atoms with Crippen molar-refractivity contribution in [3.63, 3.8) is 0 Å². The van der Waals surface area contributed by atoms with E-state index < -0.39 is 0 Å². The van der Waals surface area contributed by atoms with E-state index in [0.29, 0.717) is 23.4 Å². The molecule has 11 atom stereocenters. The van der Waals surface area contributed by atoms with Crippen molar-refractivity contribution in [2.45, 2.75) is 110 Å². The van der Waals surface area contributed by atoms with Gasteiger partial charge in [-0.1, -0.05) is 39.3 Å². The first-order valence-corrected chi connectivity index (χ1v) is 17.4. The number of ether oxygens (including phenoxy) is 1. The molecule has 3 aliphatic heterocycles. The average molecular weight is 581 g/mol. The highest BCUT2D eigenvalue weighted by molar-refractivity contribution is 5.97. The van der Waals surface area contributed by atoms with E-state index in [-0.39, 0.29) is 35.4 Å². The molecule has 7 rings (SSSR count). The van der Waals surface area contributed by atoms with Crippen LogP contribution < -0.4 is 10.6 Å². The SMILES string of the molecule is C[C@@H]1CC[C@@]2(NC1)O[C@H]1C[C@H]3[C@@H]4CC=C5C[C@@H](NC(=O)CC(=O)N6CCN(C)CC6)CC[C@]5(C)[C@H]4CC[C@]3(C)[C@H]1[C@@H]2C. The summed E-state index contributed by atoms with van der Waals surface area (Å²) in [5.74, 6) is 4.12. The van der Waals surface area contributed by atoms with Crippen LogP contribution >= 0.6 is 0 Å². The predicted octanol–water partition coefficient (Wildman–Crippen LogP) is 4.57. The van der Waals surface area contributed by atoms with E-state index in [2.05, 4.69) is 56.4 Å². The minimum absolute atomic E-state index is 0.0137. The molecule has 1 spiro atoms. The molecule has 0 aromatic rings. The van der Waals surface area contributed by atoms with Crippen molar-refractivity contribution in [2.24, 2.45) is 46.3 Å². The molecule has 2 amide bonds. The normalized spacial score (nSPS) is 48.6. The van der Waals surface area contributed by atoms with Gasteiger partial charge in [-0.3, -0.25) is 14.9 Å². The van der Waals surface area contributed by atoms with Crippen LogP contribution in [0.4, 0.5) is 0 Å². The number of hydrogen-bond acceptors (Lipinski definition) is 5. The zero-order chi connectivity index (χ0) is 29.4. The number of carbonyl (C=O) groups excluding carboxylic acids is 2. The lowest BCUT2D eigenvalue weighted by Gasteiger charge is -2.58. The van der Waals surface area contributed by atoms with E-state index in [1.54, 1.807) is 5.57 Å². The highest BCUT2D eigenvalue weighted by Gasteiger charge is 2.68. The van der Waals surface area contributed by atoms with Gasteiger partial charge < -0.3 is 19.9 Å². The molecular weight excluding hydrogens is 524 g/mol. The number of hydrogen-bond donors (Lipinski definition) is 2. The standard InChI is InChI=1S/C35H56N4O3/c1-22-8-13-35(36-21-22)23(2)32-29(42-35)19-28-26-7-6-24-18-25(9-11-33(24,3)27(26)10-12-34(28,32)4)37-30(40)20-31(41)39-16-14-38(5)15-17-39/h6,22-23,25-29,32,36H,7-21H2,1-5H3,(H,37,40)/t22-,23+,25+,26-,27+,28+,29+,32+,33+,34+,35-/m1/s1. The van der Waals surface area contributed by atoms with E-state index in [0.717, 1.165) is 75.7 Å². The molecule has 4 aliphatic carbocycles. The molecule has 234 valence electrons. The van der Waals surface area contributed by atoms with E-state index in [4.69, 9.17) is 4.74 Å². The molecule has 0 unspecified atom stereocenters. The number of rotatable bonds is 3. The third-order valence-electron chi connectivity index (χ3n) is 14.1. The minimum Gasteiger partial charge on any atom is -0.357 e. The lowest BCUT2D eigenvalue weighted by atomic mass is 9.46. The van der Waals surface area contributed by atoms with Crippen molar-refractivity contribution in [3.05, 3.63) is 11.6 Å². The Bertz CT molecular complexity index is 1110. The van der Waals surface area contributed by atoms with Crippen molar-refractivity contribution in [1.82, 2.24) is 20.4 Å². The van der Waals surface area contributed by atoms with Gasteiger partial charge in [0.2, 0.25) is 11.8 Å². The molecule has 0 aromatic heterocycles. The van der Waals surface area contributed by atoms with Crippen LogP contribution in [0.2, 0.25) is 0 Å². The van der Waals surface area contributed by atoms with Gasteiger partial charge in [0.15, 0.2) is 0 Å². The summed E-state index contributed by atoms with van der Waals surface area (Å²) >= 11 is 0. The van der Waals surface area contributed by atoms with Gasteiger partial charge in [0, 0.05) is 44.7 Å². The number of carbonyl (C=O) groups is 2. The number of fused-ring (bicyclic) bond motifs is 7. The van der Waals surface area contributed by atoms with Crippen molar-refractivity contribution in [3.8, 4) is 0 Å². The van der Waals surface area contributed by atoms with E-state index in [9.17, 15) is 9.59 Å². The maximum atomic E-state index is 12.9. The number of piperidine rings is 1. The maximum absolute atomic E-state index is 12.9. The molecule has 0 bridgehead atoms. The Morgan fingerprint density at radius 3 is 2.57 bits per heavy atom. The van der Waals surface area contributed by atoms with E-state index in [1.807, 2.05) is 4.90 Å². The molecule has 7 aliphatic rings. The number of piperazine rings is 1. The van der Waals surface area contributed by atoms with Crippen molar-refractivity contribution < 1.29 is 14.3 Å². The molecule has 3 saturated heterocycles.